The fourth-order valence-electron chi connectivity index (χ4n) is 2.42. The van der Waals surface area contributed by atoms with Crippen molar-refractivity contribution in [2.24, 2.45) is 4.40 Å². The zero-order valence-electron chi connectivity index (χ0n) is 15.2. The van der Waals surface area contributed by atoms with Gasteiger partial charge in [0, 0.05) is 11.1 Å². The molecule has 0 fully saturated rings. The number of rotatable bonds is 4. The molecule has 0 aliphatic heterocycles. The Kier molecular flexibility index (Phi) is 6.38. The summed E-state index contributed by atoms with van der Waals surface area (Å²) in [6.45, 7) is 7.76. The van der Waals surface area contributed by atoms with Crippen LogP contribution in [0.3, 0.4) is 0 Å². The molecule has 0 aliphatic carbocycles. The second-order valence-corrected chi connectivity index (χ2v) is 8.98. The average Bonchev–Trinajstić information content (AvgIpc) is 2.58. The van der Waals surface area contributed by atoms with Crippen LogP contribution in [0, 0.1) is 6.92 Å². The first-order chi connectivity index (χ1) is 11.8. The van der Waals surface area contributed by atoms with Crippen LogP contribution >= 0.6 is 12.2 Å². The molecule has 2 aromatic rings. The van der Waals surface area contributed by atoms with Crippen molar-refractivity contribution in [3.8, 4) is 11.1 Å². The molecule has 1 atom stereocenters. The molecule has 0 radical (unpaired) electrons. The van der Waals surface area contributed by atoms with Gasteiger partial charge in [-0.1, -0.05) is 40.8 Å². The summed E-state index contributed by atoms with van der Waals surface area (Å²) in [6.07, 6.45) is 1.69. The zero-order valence-corrected chi connectivity index (χ0v) is 16.8. The van der Waals surface area contributed by atoms with Crippen LogP contribution in [-0.2, 0) is 16.1 Å². The fraction of sp³-hybridized carbons (Fsp3) is 0.300. The molecule has 3 nitrogen and oxygen atoms in total. The van der Waals surface area contributed by atoms with Crippen molar-refractivity contribution in [3.63, 3.8) is 0 Å². The van der Waals surface area contributed by atoms with Crippen molar-refractivity contribution in [3.05, 3.63) is 59.2 Å². The molecule has 5 heteroatoms. The van der Waals surface area contributed by atoms with Crippen LogP contribution in [-0.4, -0.2) is 27.7 Å². The Morgan fingerprint density at radius 1 is 1.16 bits per heavy atom. The van der Waals surface area contributed by atoms with Crippen LogP contribution in [0.1, 0.15) is 37.5 Å². The van der Waals surface area contributed by atoms with Gasteiger partial charge in [0.1, 0.15) is 16.1 Å². The van der Waals surface area contributed by atoms with E-state index in [1.165, 1.54) is 0 Å². The molecule has 0 saturated heterocycles. The number of hydrogen-bond acceptors (Lipinski definition) is 4. The van der Waals surface area contributed by atoms with E-state index in [-0.39, 0.29) is 0 Å². The topological polar surface area (TPSA) is 44.6 Å². The smallest absolute Gasteiger partial charge is 0.191 e. The molecule has 0 bridgehead atoms. The first-order valence-electron chi connectivity index (χ1n) is 7.99. The Balaban J connectivity index is 2.57. The zero-order chi connectivity index (χ0) is 18.6. The second-order valence-electron chi connectivity index (χ2n) is 6.67. The van der Waals surface area contributed by atoms with Crippen molar-refractivity contribution in [1.29, 1.82) is 0 Å². The lowest BCUT2D eigenvalue weighted by atomic mass is 9.92. The Labute approximate surface area is 158 Å². The minimum atomic E-state index is -1.31. The molecule has 1 unspecified atom stereocenters. The molecule has 0 aromatic heterocycles. The van der Waals surface area contributed by atoms with Gasteiger partial charge < -0.3 is 9.29 Å². The first kappa shape index (κ1) is 19.6. The van der Waals surface area contributed by atoms with Crippen molar-refractivity contribution < 1.29 is 9.29 Å². The molecule has 0 aliphatic rings. The quantitative estimate of drug-likeness (QED) is 0.436. The van der Waals surface area contributed by atoms with E-state index in [1.54, 1.807) is 13.3 Å². The van der Waals surface area contributed by atoms with Gasteiger partial charge in [-0.3, -0.25) is 0 Å². The van der Waals surface area contributed by atoms with Crippen molar-refractivity contribution in [2.75, 3.05) is 7.11 Å². The largest absolute Gasteiger partial charge is 0.591 e. The molecular formula is C20H23NO2S2. The van der Waals surface area contributed by atoms with Crippen molar-refractivity contribution in [2.45, 2.75) is 32.4 Å². The van der Waals surface area contributed by atoms with E-state index in [4.69, 9.17) is 17.0 Å². The number of aryl methyl sites for hydroxylation is 1. The first-order valence-corrected chi connectivity index (χ1v) is 9.50. The summed E-state index contributed by atoms with van der Waals surface area (Å²) >= 11 is 4.04. The van der Waals surface area contributed by atoms with E-state index < -0.39 is 16.1 Å². The second kappa shape index (κ2) is 8.13. The van der Waals surface area contributed by atoms with Gasteiger partial charge in [-0.05, 0) is 62.7 Å². The summed E-state index contributed by atoms with van der Waals surface area (Å²) in [5, 5.41) is 0.444. The standard InChI is InChI=1S/C20H23NO2S2/c1-14-9-8-10-15(13-21-25(22)20(2,3)4)18(14)16-11-6-7-12-17(16)19(24)23-5/h6-13H,1-5H3. The number of thiocarbonyl (C=S) groups is 1. The van der Waals surface area contributed by atoms with E-state index in [1.807, 2.05) is 70.2 Å². The van der Waals surface area contributed by atoms with E-state index in [9.17, 15) is 4.55 Å². The van der Waals surface area contributed by atoms with Crippen LogP contribution in [0.25, 0.3) is 11.1 Å². The Morgan fingerprint density at radius 3 is 2.48 bits per heavy atom. The maximum absolute atomic E-state index is 12.3. The molecule has 2 aromatic carbocycles. The molecule has 0 amide bonds. The van der Waals surface area contributed by atoms with Gasteiger partial charge >= 0.3 is 0 Å². The number of ether oxygens (including phenoxy) is 1. The third-order valence-electron chi connectivity index (χ3n) is 3.72. The summed E-state index contributed by atoms with van der Waals surface area (Å²) in [5.74, 6) is 0. The highest BCUT2D eigenvalue weighted by molar-refractivity contribution is 7.91. The molecule has 2 rings (SSSR count). The van der Waals surface area contributed by atoms with E-state index in [0.717, 1.165) is 27.8 Å². The van der Waals surface area contributed by atoms with Gasteiger partial charge in [-0.15, -0.1) is 0 Å². The molecule has 132 valence electrons. The lowest BCUT2D eigenvalue weighted by Gasteiger charge is -2.18. The molecule has 0 spiro atoms. The van der Waals surface area contributed by atoms with Gasteiger partial charge in [0.15, 0.2) is 5.05 Å². The van der Waals surface area contributed by atoms with Gasteiger partial charge in [0.25, 0.3) is 0 Å². The third kappa shape index (κ3) is 4.69. The Hall–Kier alpha value is -1.69. The van der Waals surface area contributed by atoms with Crippen LogP contribution < -0.4 is 0 Å². The summed E-state index contributed by atoms with van der Waals surface area (Å²) in [6, 6.07) is 13.8. The maximum Gasteiger partial charge on any atom is 0.191 e. The van der Waals surface area contributed by atoms with E-state index in [0.29, 0.717) is 5.05 Å². The normalized spacial score (nSPS) is 13.0. The molecule has 0 saturated carbocycles. The van der Waals surface area contributed by atoms with Crippen LogP contribution in [0.2, 0.25) is 0 Å². The summed E-state index contributed by atoms with van der Waals surface area (Å²) in [5.41, 5.74) is 4.87. The maximum atomic E-state index is 12.3. The number of nitrogens with zero attached hydrogens (tertiary/aromatic N) is 1. The minimum absolute atomic E-state index is 0.393. The summed E-state index contributed by atoms with van der Waals surface area (Å²) in [7, 11) is 1.58. The van der Waals surface area contributed by atoms with E-state index >= 15 is 0 Å². The molecule has 0 N–H and O–H groups in total. The monoisotopic (exact) mass is 373 g/mol. The number of hydrogen-bond donors (Lipinski definition) is 0. The van der Waals surface area contributed by atoms with Crippen LogP contribution in [0.15, 0.2) is 46.9 Å². The van der Waals surface area contributed by atoms with Gasteiger partial charge in [-0.2, -0.15) is 0 Å². The van der Waals surface area contributed by atoms with Gasteiger partial charge in [-0.25, -0.2) is 0 Å². The predicted molar refractivity (Wildman–Crippen MR) is 111 cm³/mol. The van der Waals surface area contributed by atoms with Gasteiger partial charge in [0.2, 0.25) is 0 Å². The third-order valence-corrected chi connectivity index (χ3v) is 5.45. The summed E-state index contributed by atoms with van der Waals surface area (Å²) in [4.78, 5) is 0. The van der Waals surface area contributed by atoms with E-state index in [2.05, 4.69) is 4.40 Å². The van der Waals surface area contributed by atoms with Crippen molar-refractivity contribution >= 4 is 34.8 Å². The predicted octanol–water partition coefficient (Wildman–Crippen LogP) is 4.87. The highest BCUT2D eigenvalue weighted by Crippen LogP contribution is 2.30. The minimum Gasteiger partial charge on any atom is -0.591 e. The number of benzene rings is 2. The van der Waals surface area contributed by atoms with Crippen LogP contribution in [0.5, 0.6) is 0 Å². The highest BCUT2D eigenvalue weighted by Gasteiger charge is 2.26. The number of methoxy groups -OCH3 is 1. The molecular weight excluding hydrogens is 350 g/mol. The lowest BCUT2D eigenvalue weighted by Crippen LogP contribution is -2.25. The lowest BCUT2D eigenvalue weighted by molar-refractivity contribution is 0.416. The average molecular weight is 374 g/mol. The highest BCUT2D eigenvalue weighted by atomic mass is 32.2. The van der Waals surface area contributed by atoms with Gasteiger partial charge in [0.05, 0.1) is 13.3 Å². The molecule has 0 heterocycles. The fourth-order valence-corrected chi connectivity index (χ4v) is 3.12. The Morgan fingerprint density at radius 2 is 1.84 bits per heavy atom. The van der Waals surface area contributed by atoms with Crippen LogP contribution in [0.4, 0.5) is 0 Å². The molecule has 25 heavy (non-hydrogen) atoms. The SMILES string of the molecule is COC(=S)c1ccccc1-c1c(C)cccc1C=N[S+]([O-])C(C)(C)C. The Bertz CT molecular complexity index is 795. The summed E-state index contributed by atoms with van der Waals surface area (Å²) < 4.78 is 21.4. The van der Waals surface area contributed by atoms with Crippen molar-refractivity contribution in [1.82, 2.24) is 0 Å².